The van der Waals surface area contributed by atoms with E-state index in [9.17, 15) is 14.9 Å². The first-order valence-corrected chi connectivity index (χ1v) is 7.09. The molecule has 1 fully saturated rings. The third-order valence-corrected chi connectivity index (χ3v) is 3.66. The highest BCUT2D eigenvalue weighted by molar-refractivity contribution is 5.95. The van der Waals surface area contributed by atoms with Crippen molar-refractivity contribution in [3.63, 3.8) is 0 Å². The lowest BCUT2D eigenvalue weighted by molar-refractivity contribution is -0.386. The van der Waals surface area contributed by atoms with Gasteiger partial charge in [0.25, 0.3) is 11.6 Å². The Hall–Kier alpha value is -1.95. The van der Waals surface area contributed by atoms with Crippen molar-refractivity contribution >= 4 is 11.6 Å². The topological polar surface area (TPSA) is 84.3 Å². The fraction of sp³-hybridized carbons (Fsp3) is 0.533. The summed E-state index contributed by atoms with van der Waals surface area (Å²) in [5.74, 6) is -0.257. The molecule has 2 N–H and O–H groups in total. The Morgan fingerprint density at radius 1 is 1.43 bits per heavy atom. The van der Waals surface area contributed by atoms with Crippen LogP contribution in [0.1, 0.15) is 43.1 Å². The van der Waals surface area contributed by atoms with Crippen LogP contribution in [0.15, 0.2) is 18.2 Å². The number of nitrogens with zero attached hydrogens (tertiary/aromatic N) is 1. The first-order chi connectivity index (χ1) is 9.79. The van der Waals surface area contributed by atoms with Crippen molar-refractivity contribution in [3.05, 3.63) is 39.4 Å². The molecule has 1 aliphatic heterocycles. The van der Waals surface area contributed by atoms with Gasteiger partial charge in [-0.3, -0.25) is 14.9 Å². The van der Waals surface area contributed by atoms with E-state index in [4.69, 9.17) is 0 Å². The molecular formula is C15H21N3O3. The summed E-state index contributed by atoms with van der Waals surface area (Å²) in [5, 5.41) is 17.3. The predicted octanol–water partition coefficient (Wildman–Crippen LogP) is 1.98. The number of hydrogen-bond donors (Lipinski definition) is 2. The zero-order valence-electron chi connectivity index (χ0n) is 12.6. The number of carbonyl (C=O) groups excluding carboxylic acids is 1. The molecule has 0 aromatic heterocycles. The number of amides is 1. The molecule has 1 aliphatic rings. The maximum absolute atomic E-state index is 12.2. The third kappa shape index (κ3) is 3.58. The van der Waals surface area contributed by atoms with Crippen LogP contribution in [0.4, 0.5) is 5.69 Å². The molecule has 21 heavy (non-hydrogen) atoms. The molecule has 1 aromatic rings. The van der Waals surface area contributed by atoms with Crippen LogP contribution in [-0.4, -0.2) is 30.0 Å². The van der Waals surface area contributed by atoms with Gasteiger partial charge in [-0.05, 0) is 24.4 Å². The SMILES string of the molecule is CC(C)(C)c1ccc(C(=O)NC2CCNC2)cc1[N+](=O)[O-]. The van der Waals surface area contributed by atoms with Gasteiger partial charge in [0, 0.05) is 29.8 Å². The minimum absolute atomic E-state index is 0.000281. The van der Waals surface area contributed by atoms with Crippen LogP contribution in [0.2, 0.25) is 0 Å². The molecule has 114 valence electrons. The molecule has 1 aromatic carbocycles. The Morgan fingerprint density at radius 3 is 2.67 bits per heavy atom. The highest BCUT2D eigenvalue weighted by atomic mass is 16.6. The van der Waals surface area contributed by atoms with Crippen molar-refractivity contribution in [1.82, 2.24) is 10.6 Å². The molecule has 1 unspecified atom stereocenters. The highest BCUT2D eigenvalue weighted by Crippen LogP contribution is 2.31. The normalized spacial score (nSPS) is 18.5. The first kappa shape index (κ1) is 15.4. The van der Waals surface area contributed by atoms with Gasteiger partial charge in [-0.15, -0.1) is 0 Å². The lowest BCUT2D eigenvalue weighted by Crippen LogP contribution is -2.36. The maximum atomic E-state index is 12.2. The maximum Gasteiger partial charge on any atom is 0.273 e. The van der Waals surface area contributed by atoms with E-state index in [-0.39, 0.29) is 23.1 Å². The van der Waals surface area contributed by atoms with E-state index >= 15 is 0 Å². The molecule has 2 rings (SSSR count). The molecule has 0 spiro atoms. The van der Waals surface area contributed by atoms with Gasteiger partial charge >= 0.3 is 0 Å². The Balaban J connectivity index is 2.27. The molecule has 0 bridgehead atoms. The average Bonchev–Trinajstić information content (AvgIpc) is 2.89. The molecular weight excluding hydrogens is 270 g/mol. The number of nitro groups is 1. The summed E-state index contributed by atoms with van der Waals surface area (Å²) in [6, 6.07) is 4.81. The van der Waals surface area contributed by atoms with Crippen LogP contribution in [0.25, 0.3) is 0 Å². The van der Waals surface area contributed by atoms with Gasteiger partial charge in [-0.25, -0.2) is 0 Å². The first-order valence-electron chi connectivity index (χ1n) is 7.09. The third-order valence-electron chi connectivity index (χ3n) is 3.66. The van der Waals surface area contributed by atoms with Gasteiger partial charge < -0.3 is 10.6 Å². The smallest absolute Gasteiger partial charge is 0.273 e. The minimum Gasteiger partial charge on any atom is -0.348 e. The zero-order chi connectivity index (χ0) is 15.6. The number of nitro benzene ring substituents is 1. The molecule has 1 saturated heterocycles. The Morgan fingerprint density at radius 2 is 2.14 bits per heavy atom. The van der Waals surface area contributed by atoms with Gasteiger partial charge in [0.05, 0.1) is 4.92 Å². The molecule has 6 nitrogen and oxygen atoms in total. The predicted molar refractivity (Wildman–Crippen MR) is 80.5 cm³/mol. The standard InChI is InChI=1S/C15H21N3O3/c1-15(2,3)12-5-4-10(8-13(12)18(20)21)14(19)17-11-6-7-16-9-11/h4-5,8,11,16H,6-7,9H2,1-3H3,(H,17,19). The van der Waals surface area contributed by atoms with E-state index in [1.54, 1.807) is 12.1 Å². The van der Waals surface area contributed by atoms with Crippen molar-refractivity contribution in [2.45, 2.75) is 38.6 Å². The monoisotopic (exact) mass is 291 g/mol. The molecule has 0 saturated carbocycles. The van der Waals surface area contributed by atoms with E-state index in [2.05, 4.69) is 10.6 Å². The van der Waals surface area contributed by atoms with Gasteiger partial charge in [-0.1, -0.05) is 26.8 Å². The fourth-order valence-corrected chi connectivity index (χ4v) is 2.50. The highest BCUT2D eigenvalue weighted by Gasteiger charge is 2.26. The molecule has 0 radical (unpaired) electrons. The van der Waals surface area contributed by atoms with E-state index in [0.29, 0.717) is 11.1 Å². The van der Waals surface area contributed by atoms with Crippen LogP contribution >= 0.6 is 0 Å². The van der Waals surface area contributed by atoms with E-state index in [1.165, 1.54) is 6.07 Å². The summed E-state index contributed by atoms with van der Waals surface area (Å²) in [4.78, 5) is 23.0. The Bertz CT molecular complexity index is 558. The Labute approximate surface area is 124 Å². The summed E-state index contributed by atoms with van der Waals surface area (Å²) in [5.41, 5.74) is 0.625. The molecule has 1 amide bonds. The fourth-order valence-electron chi connectivity index (χ4n) is 2.50. The number of benzene rings is 1. The van der Waals surface area contributed by atoms with Crippen molar-refractivity contribution in [3.8, 4) is 0 Å². The minimum atomic E-state index is -0.422. The van der Waals surface area contributed by atoms with Crippen LogP contribution < -0.4 is 10.6 Å². The average molecular weight is 291 g/mol. The molecule has 1 heterocycles. The van der Waals surface area contributed by atoms with Crippen LogP contribution in [-0.2, 0) is 5.41 Å². The van der Waals surface area contributed by atoms with Gasteiger partial charge in [0.15, 0.2) is 0 Å². The lowest BCUT2D eigenvalue weighted by atomic mass is 9.85. The Kier molecular flexibility index (Phi) is 4.27. The zero-order valence-corrected chi connectivity index (χ0v) is 12.6. The van der Waals surface area contributed by atoms with Gasteiger partial charge in [0.2, 0.25) is 0 Å². The van der Waals surface area contributed by atoms with Crippen molar-refractivity contribution < 1.29 is 9.72 Å². The number of nitrogens with one attached hydrogen (secondary N) is 2. The van der Waals surface area contributed by atoms with E-state index < -0.39 is 4.92 Å². The number of rotatable bonds is 3. The quantitative estimate of drug-likeness (QED) is 0.659. The van der Waals surface area contributed by atoms with Gasteiger partial charge in [0.1, 0.15) is 0 Å². The van der Waals surface area contributed by atoms with Gasteiger partial charge in [-0.2, -0.15) is 0 Å². The largest absolute Gasteiger partial charge is 0.348 e. The van der Waals surface area contributed by atoms with E-state index in [0.717, 1.165) is 19.5 Å². The molecule has 1 atom stereocenters. The van der Waals surface area contributed by atoms with Crippen molar-refractivity contribution in [2.75, 3.05) is 13.1 Å². The summed E-state index contributed by atoms with van der Waals surface area (Å²) in [6.45, 7) is 7.37. The van der Waals surface area contributed by atoms with Crippen molar-refractivity contribution in [2.24, 2.45) is 0 Å². The van der Waals surface area contributed by atoms with Crippen molar-refractivity contribution in [1.29, 1.82) is 0 Å². The van der Waals surface area contributed by atoms with E-state index in [1.807, 2.05) is 20.8 Å². The number of carbonyl (C=O) groups is 1. The lowest BCUT2D eigenvalue weighted by Gasteiger charge is -2.19. The summed E-state index contributed by atoms with van der Waals surface area (Å²) < 4.78 is 0. The summed E-state index contributed by atoms with van der Waals surface area (Å²) in [7, 11) is 0. The second kappa shape index (κ2) is 5.81. The van der Waals surface area contributed by atoms with Crippen LogP contribution in [0.3, 0.4) is 0 Å². The second-order valence-electron chi connectivity index (χ2n) is 6.40. The summed E-state index contributed by atoms with van der Waals surface area (Å²) >= 11 is 0. The molecule has 0 aliphatic carbocycles. The van der Waals surface area contributed by atoms with Crippen LogP contribution in [0.5, 0.6) is 0 Å². The summed E-state index contributed by atoms with van der Waals surface area (Å²) in [6.07, 6.45) is 0.883. The second-order valence-corrected chi connectivity index (χ2v) is 6.40. The molecule has 6 heteroatoms. The van der Waals surface area contributed by atoms with Crippen LogP contribution in [0, 0.1) is 10.1 Å². The number of hydrogen-bond acceptors (Lipinski definition) is 4.